The molecule has 8 nitrogen and oxygen atoms in total. The molecule has 0 aromatic rings. The van der Waals surface area contributed by atoms with Gasteiger partial charge in [0.2, 0.25) is 17.6 Å². The van der Waals surface area contributed by atoms with Crippen LogP contribution in [0.2, 0.25) is 0 Å². The SMILES string of the molecule is CC(C)[C@H]1CCN(C(=O)[C@@H](N)C(C)(C)C)C1(C)C(=O)NC(CCCCC1CC1)C(=O)C(N)=O. The number of nitrogens with one attached hydrogen (secondary N) is 1. The van der Waals surface area contributed by atoms with Gasteiger partial charge in [-0.2, -0.15) is 0 Å². The summed E-state index contributed by atoms with van der Waals surface area (Å²) in [6.07, 6.45) is 6.32. The lowest BCUT2D eigenvalue weighted by atomic mass is 9.77. The van der Waals surface area contributed by atoms with E-state index < -0.39 is 40.6 Å². The summed E-state index contributed by atoms with van der Waals surface area (Å²) in [5.74, 6) is -1.73. The Morgan fingerprint density at radius 1 is 1.09 bits per heavy atom. The second kappa shape index (κ2) is 10.5. The van der Waals surface area contributed by atoms with Gasteiger partial charge in [-0.25, -0.2) is 0 Å². The number of ketones is 1. The largest absolute Gasteiger partial charge is 0.363 e. The maximum absolute atomic E-state index is 13.7. The first kappa shape index (κ1) is 27.3. The van der Waals surface area contributed by atoms with E-state index in [1.54, 1.807) is 11.8 Å². The predicted octanol–water partition coefficient (Wildman–Crippen LogP) is 2.13. The van der Waals surface area contributed by atoms with Crippen molar-refractivity contribution in [3.05, 3.63) is 0 Å². The van der Waals surface area contributed by atoms with Crippen molar-refractivity contribution in [1.29, 1.82) is 0 Å². The van der Waals surface area contributed by atoms with Gasteiger partial charge < -0.3 is 21.7 Å². The number of unbranched alkanes of at least 4 members (excludes halogenated alkanes) is 1. The van der Waals surface area contributed by atoms with Crippen molar-refractivity contribution in [2.75, 3.05) is 6.54 Å². The Kier molecular flexibility index (Phi) is 8.71. The second-order valence-electron chi connectivity index (χ2n) is 11.6. The molecule has 0 aromatic carbocycles. The van der Waals surface area contributed by atoms with Gasteiger partial charge in [0.25, 0.3) is 5.91 Å². The topological polar surface area (TPSA) is 136 Å². The molecule has 5 N–H and O–H groups in total. The molecule has 2 rings (SSSR count). The first-order valence-corrected chi connectivity index (χ1v) is 12.4. The van der Waals surface area contributed by atoms with E-state index in [0.29, 0.717) is 19.4 Å². The molecule has 1 aliphatic heterocycles. The number of hydrogen-bond acceptors (Lipinski definition) is 5. The number of carbonyl (C=O) groups is 4. The summed E-state index contributed by atoms with van der Waals surface area (Å²) in [6, 6.07) is -1.74. The van der Waals surface area contributed by atoms with Crippen LogP contribution in [0.15, 0.2) is 0 Å². The zero-order valence-corrected chi connectivity index (χ0v) is 21.3. The van der Waals surface area contributed by atoms with E-state index in [1.165, 1.54) is 12.8 Å². The molecule has 33 heavy (non-hydrogen) atoms. The number of Topliss-reactive ketones (excluding diaryl/α,β-unsaturated/α-hetero) is 1. The molecule has 188 valence electrons. The minimum absolute atomic E-state index is 0.104. The van der Waals surface area contributed by atoms with Gasteiger partial charge in [0.1, 0.15) is 5.54 Å². The van der Waals surface area contributed by atoms with E-state index in [4.69, 9.17) is 11.5 Å². The fourth-order valence-corrected chi connectivity index (χ4v) is 5.07. The summed E-state index contributed by atoms with van der Waals surface area (Å²) in [7, 11) is 0. The Bertz CT molecular complexity index is 756. The molecule has 2 fully saturated rings. The molecule has 8 heteroatoms. The molecular weight excluding hydrogens is 420 g/mol. The molecule has 3 amide bonds. The molecule has 1 saturated carbocycles. The Balaban J connectivity index is 2.24. The zero-order chi connectivity index (χ0) is 25.1. The van der Waals surface area contributed by atoms with Crippen LogP contribution in [0.1, 0.15) is 86.5 Å². The van der Waals surface area contributed by atoms with Crippen LogP contribution < -0.4 is 16.8 Å². The van der Waals surface area contributed by atoms with E-state index in [9.17, 15) is 19.2 Å². The van der Waals surface area contributed by atoms with Crippen LogP contribution >= 0.6 is 0 Å². The number of hydrogen-bond donors (Lipinski definition) is 3. The quantitative estimate of drug-likeness (QED) is 0.318. The summed E-state index contributed by atoms with van der Waals surface area (Å²) in [5.41, 5.74) is 9.93. The lowest BCUT2D eigenvalue weighted by molar-refractivity contribution is -0.150. The second-order valence-corrected chi connectivity index (χ2v) is 11.6. The molecule has 0 bridgehead atoms. The molecule has 0 radical (unpaired) electrons. The summed E-state index contributed by atoms with van der Waals surface area (Å²) in [5, 5.41) is 2.81. The predicted molar refractivity (Wildman–Crippen MR) is 128 cm³/mol. The molecule has 1 saturated heterocycles. The van der Waals surface area contributed by atoms with Crippen LogP contribution in [0.25, 0.3) is 0 Å². The highest BCUT2D eigenvalue weighted by atomic mass is 16.2. The lowest BCUT2D eigenvalue weighted by Gasteiger charge is -2.42. The number of nitrogens with zero attached hydrogens (tertiary/aromatic N) is 1. The molecule has 2 aliphatic rings. The first-order chi connectivity index (χ1) is 15.2. The van der Waals surface area contributed by atoms with Crippen molar-refractivity contribution < 1.29 is 19.2 Å². The number of primary amides is 1. The van der Waals surface area contributed by atoms with E-state index in [0.717, 1.165) is 25.2 Å². The molecule has 1 heterocycles. The maximum Gasteiger partial charge on any atom is 0.287 e. The van der Waals surface area contributed by atoms with Gasteiger partial charge in [-0.3, -0.25) is 19.2 Å². The number of carbonyl (C=O) groups excluding carboxylic acids is 4. The summed E-state index contributed by atoms with van der Waals surface area (Å²) < 4.78 is 0. The smallest absolute Gasteiger partial charge is 0.287 e. The summed E-state index contributed by atoms with van der Waals surface area (Å²) >= 11 is 0. The maximum atomic E-state index is 13.7. The third-order valence-electron chi connectivity index (χ3n) is 7.59. The minimum atomic E-state index is -1.17. The van der Waals surface area contributed by atoms with E-state index in [-0.39, 0.29) is 17.7 Å². The lowest BCUT2D eigenvalue weighted by Crippen LogP contribution is -2.65. The third-order valence-corrected chi connectivity index (χ3v) is 7.59. The normalized spacial score (nSPS) is 25.1. The highest BCUT2D eigenvalue weighted by molar-refractivity contribution is 6.37. The monoisotopic (exact) mass is 464 g/mol. The summed E-state index contributed by atoms with van der Waals surface area (Å²) in [6.45, 7) is 11.9. The van der Waals surface area contributed by atoms with Crippen LogP contribution in [0.5, 0.6) is 0 Å². The van der Waals surface area contributed by atoms with Crippen molar-refractivity contribution >= 4 is 23.5 Å². The number of rotatable bonds is 11. The van der Waals surface area contributed by atoms with Gasteiger partial charge in [0, 0.05) is 6.54 Å². The molecule has 2 unspecified atom stereocenters. The molecule has 0 spiro atoms. The minimum Gasteiger partial charge on any atom is -0.363 e. The Morgan fingerprint density at radius 3 is 2.18 bits per heavy atom. The van der Waals surface area contributed by atoms with Crippen LogP contribution in [-0.4, -0.2) is 52.6 Å². The summed E-state index contributed by atoms with van der Waals surface area (Å²) in [4.78, 5) is 52.8. The third kappa shape index (κ3) is 6.34. The standard InChI is InChI=1S/C25H44N4O4/c1-15(2)17-13-14-29(22(32)20(26)24(3,4)5)25(17,6)23(33)28-18(19(30)21(27)31)10-8-7-9-16-11-12-16/h15-18,20H,7-14,26H2,1-6H3,(H2,27,31)(H,28,33)/t17-,18?,20-,25?/m1/s1. The van der Waals surface area contributed by atoms with E-state index in [1.807, 2.05) is 34.6 Å². The van der Waals surface area contributed by atoms with Gasteiger partial charge in [-0.15, -0.1) is 0 Å². The van der Waals surface area contributed by atoms with Crippen molar-refractivity contribution in [3.63, 3.8) is 0 Å². The van der Waals surface area contributed by atoms with Crippen molar-refractivity contribution in [2.24, 2.45) is 34.6 Å². The van der Waals surface area contributed by atoms with E-state index in [2.05, 4.69) is 5.32 Å². The molecular formula is C25H44N4O4. The Hall–Kier alpha value is -1.96. The first-order valence-electron chi connectivity index (χ1n) is 12.4. The van der Waals surface area contributed by atoms with Crippen molar-refractivity contribution in [2.45, 2.75) is 104 Å². The molecule has 1 aliphatic carbocycles. The fraction of sp³-hybridized carbons (Fsp3) is 0.840. The fourth-order valence-electron chi connectivity index (χ4n) is 5.07. The molecule has 0 aromatic heterocycles. The van der Waals surface area contributed by atoms with Crippen LogP contribution in [0, 0.1) is 23.2 Å². The van der Waals surface area contributed by atoms with E-state index >= 15 is 0 Å². The van der Waals surface area contributed by atoms with Gasteiger partial charge >= 0.3 is 0 Å². The zero-order valence-electron chi connectivity index (χ0n) is 21.3. The van der Waals surface area contributed by atoms with Gasteiger partial charge in [-0.05, 0) is 42.9 Å². The van der Waals surface area contributed by atoms with Crippen molar-refractivity contribution in [1.82, 2.24) is 10.2 Å². The average molecular weight is 465 g/mol. The highest BCUT2D eigenvalue weighted by Gasteiger charge is 2.55. The van der Waals surface area contributed by atoms with Crippen LogP contribution in [0.3, 0.4) is 0 Å². The van der Waals surface area contributed by atoms with Gasteiger partial charge in [0.15, 0.2) is 0 Å². The number of likely N-dealkylation sites (tertiary alicyclic amines) is 1. The number of amides is 3. The molecule has 4 atom stereocenters. The average Bonchev–Trinajstić information content (AvgIpc) is 3.47. The van der Waals surface area contributed by atoms with Crippen LogP contribution in [0.4, 0.5) is 0 Å². The Morgan fingerprint density at radius 2 is 1.70 bits per heavy atom. The van der Waals surface area contributed by atoms with Gasteiger partial charge in [0.05, 0.1) is 12.1 Å². The van der Waals surface area contributed by atoms with Gasteiger partial charge in [-0.1, -0.05) is 66.7 Å². The Labute approximate surface area is 198 Å². The highest BCUT2D eigenvalue weighted by Crippen LogP contribution is 2.41. The van der Waals surface area contributed by atoms with Crippen molar-refractivity contribution in [3.8, 4) is 0 Å². The van der Waals surface area contributed by atoms with Crippen LogP contribution in [-0.2, 0) is 19.2 Å². The number of nitrogens with two attached hydrogens (primary N) is 2.